The van der Waals surface area contributed by atoms with Gasteiger partial charge in [0.25, 0.3) is 7.72 Å². The van der Waals surface area contributed by atoms with E-state index in [1.807, 2.05) is 31.2 Å². The van der Waals surface area contributed by atoms with Crippen LogP contribution < -0.4 is 5.32 Å². The Kier molecular flexibility index (Phi) is 7.30. The van der Waals surface area contributed by atoms with E-state index in [0.717, 1.165) is 36.8 Å². The Bertz CT molecular complexity index is 761. The Hall–Kier alpha value is -1.66. The van der Waals surface area contributed by atoms with Gasteiger partial charge < -0.3 is 5.32 Å². The van der Waals surface area contributed by atoms with E-state index < -0.39 is 7.72 Å². The summed E-state index contributed by atoms with van der Waals surface area (Å²) < 4.78 is 0. The molecule has 1 aliphatic carbocycles. The van der Waals surface area contributed by atoms with Gasteiger partial charge in [0.05, 0.1) is 6.54 Å². The van der Waals surface area contributed by atoms with Gasteiger partial charge in [0.2, 0.25) is 0 Å². The van der Waals surface area contributed by atoms with E-state index in [1.54, 1.807) is 0 Å². The molecule has 7 nitrogen and oxygen atoms in total. The molecule has 0 spiro atoms. The number of nitrogens with one attached hydrogen (secondary N) is 2. The second kappa shape index (κ2) is 9.70. The fourth-order valence-electron chi connectivity index (χ4n) is 3.87. The molecule has 3 rings (SSSR count). The Morgan fingerprint density at radius 1 is 1.32 bits per heavy atom. The highest BCUT2D eigenvalue weighted by Crippen LogP contribution is 2.53. The first kappa shape index (κ1) is 21.1. The average Bonchev–Trinajstić information content (AvgIpc) is 3.21. The van der Waals surface area contributed by atoms with Crippen LogP contribution in [-0.2, 0) is 4.79 Å². The van der Waals surface area contributed by atoms with Gasteiger partial charge in [0.1, 0.15) is 12.5 Å². The maximum atomic E-state index is 12.3. The number of hydrogen-bond acceptors (Lipinski definition) is 6. The summed E-state index contributed by atoms with van der Waals surface area (Å²) in [7, 11) is -3.15. The Labute approximate surface area is 166 Å². The molecule has 0 saturated heterocycles. The summed E-state index contributed by atoms with van der Waals surface area (Å²) in [5.74, 6) is 0.908. The van der Waals surface area contributed by atoms with Crippen LogP contribution in [0.5, 0.6) is 0 Å². The number of nitrogens with zero attached hydrogens (tertiary/aromatic N) is 2. The van der Waals surface area contributed by atoms with Crippen molar-refractivity contribution in [2.75, 3.05) is 18.9 Å². The first-order valence-electron chi connectivity index (χ1n) is 9.96. The molecule has 1 aromatic carbocycles. The smallest absolute Gasteiger partial charge is 0.275 e. The van der Waals surface area contributed by atoms with E-state index in [1.165, 1.54) is 12.7 Å². The second-order valence-electron chi connectivity index (χ2n) is 7.82. The van der Waals surface area contributed by atoms with Crippen LogP contribution in [-0.4, -0.2) is 49.6 Å². The fourth-order valence-corrected chi connectivity index (χ4v) is 5.87. The molecule has 0 aliphatic heterocycles. The SMILES string of the molecule is CC(NCC(=O)C[P+](O)(O)CC1CCCCC1)c1cccc(-c2ncn[nH]2)c1. The number of carbonyl (C=O) groups is 1. The van der Waals surface area contributed by atoms with Gasteiger partial charge in [-0.1, -0.05) is 37.5 Å². The highest BCUT2D eigenvalue weighted by molar-refractivity contribution is 7.65. The van der Waals surface area contributed by atoms with Gasteiger partial charge in [-0.2, -0.15) is 5.10 Å². The van der Waals surface area contributed by atoms with Crippen molar-refractivity contribution in [1.82, 2.24) is 20.5 Å². The van der Waals surface area contributed by atoms with E-state index in [2.05, 4.69) is 20.5 Å². The number of H-pyrrole nitrogens is 1. The molecule has 1 unspecified atom stereocenters. The highest BCUT2D eigenvalue weighted by atomic mass is 31.2. The van der Waals surface area contributed by atoms with Crippen LogP contribution in [0.3, 0.4) is 0 Å². The number of aromatic amines is 1. The third-order valence-corrected chi connectivity index (χ3v) is 7.35. The normalized spacial score (nSPS) is 16.8. The number of hydrogen-bond donors (Lipinski definition) is 4. The minimum atomic E-state index is -3.15. The molecule has 1 aliphatic rings. The lowest BCUT2D eigenvalue weighted by Gasteiger charge is -2.23. The van der Waals surface area contributed by atoms with Crippen molar-refractivity contribution in [3.8, 4) is 11.4 Å². The van der Waals surface area contributed by atoms with Crippen molar-refractivity contribution in [3.63, 3.8) is 0 Å². The molecule has 2 aromatic rings. The van der Waals surface area contributed by atoms with Crippen molar-refractivity contribution in [2.24, 2.45) is 5.92 Å². The maximum absolute atomic E-state index is 12.3. The Balaban J connectivity index is 1.49. The van der Waals surface area contributed by atoms with E-state index >= 15 is 0 Å². The molecule has 1 aromatic heterocycles. The summed E-state index contributed by atoms with van der Waals surface area (Å²) in [6.45, 7) is 2.11. The zero-order valence-electron chi connectivity index (χ0n) is 16.3. The van der Waals surface area contributed by atoms with Crippen molar-refractivity contribution < 1.29 is 14.6 Å². The first-order chi connectivity index (χ1) is 13.4. The van der Waals surface area contributed by atoms with Crippen LogP contribution >= 0.6 is 7.72 Å². The van der Waals surface area contributed by atoms with E-state index in [4.69, 9.17) is 0 Å². The number of carbonyl (C=O) groups excluding carboxylic acids is 1. The van der Waals surface area contributed by atoms with Gasteiger partial charge in [0, 0.05) is 11.6 Å². The van der Waals surface area contributed by atoms with Crippen LogP contribution in [0.2, 0.25) is 0 Å². The number of benzene rings is 1. The topological polar surface area (TPSA) is 111 Å². The monoisotopic (exact) mass is 405 g/mol. The standard InChI is InChI=1S/C20H30N4O3P/c1-15(17-8-5-9-18(10-17)20-22-14-23-24-20)21-11-19(25)13-28(26,27)12-16-6-3-2-4-7-16/h5,8-10,14-16,21,26-27H,2-4,6-7,11-13H2,1H3,(H,22,23,24)/q+1. The van der Waals surface area contributed by atoms with Crippen LogP contribution in [0, 0.1) is 5.92 Å². The number of rotatable bonds is 9. The van der Waals surface area contributed by atoms with Crippen LogP contribution in [0.4, 0.5) is 0 Å². The van der Waals surface area contributed by atoms with Gasteiger partial charge in [-0.05, 0) is 37.3 Å². The van der Waals surface area contributed by atoms with Crippen LogP contribution in [0.15, 0.2) is 30.6 Å². The molecule has 0 amide bonds. The number of aromatic nitrogens is 3. The maximum Gasteiger partial charge on any atom is 0.275 e. The molecular formula is C20H30N4O3P+. The lowest BCUT2D eigenvalue weighted by molar-refractivity contribution is -0.116. The molecule has 0 radical (unpaired) electrons. The molecule has 8 heteroatoms. The van der Waals surface area contributed by atoms with Crippen LogP contribution in [0.1, 0.15) is 50.6 Å². The number of ketones is 1. The van der Waals surface area contributed by atoms with E-state index in [-0.39, 0.29) is 24.5 Å². The lowest BCUT2D eigenvalue weighted by Crippen LogP contribution is -2.29. The summed E-state index contributed by atoms with van der Waals surface area (Å²) in [5, 5.41) is 9.91. The Morgan fingerprint density at radius 3 is 2.82 bits per heavy atom. The molecule has 1 fully saturated rings. The summed E-state index contributed by atoms with van der Waals surface area (Å²) in [6.07, 6.45) is 7.39. The summed E-state index contributed by atoms with van der Waals surface area (Å²) >= 11 is 0. The average molecular weight is 405 g/mol. The minimum Gasteiger partial charge on any atom is -0.303 e. The Morgan fingerprint density at radius 2 is 2.11 bits per heavy atom. The zero-order valence-corrected chi connectivity index (χ0v) is 17.2. The second-order valence-corrected chi connectivity index (χ2v) is 10.3. The van der Waals surface area contributed by atoms with Gasteiger partial charge in [-0.15, -0.1) is 0 Å². The zero-order chi connectivity index (χ0) is 20.0. The summed E-state index contributed by atoms with van der Waals surface area (Å²) in [5.41, 5.74) is 1.95. The predicted octanol–water partition coefficient (Wildman–Crippen LogP) is 3.10. The van der Waals surface area contributed by atoms with Crippen molar-refractivity contribution in [2.45, 2.75) is 45.1 Å². The molecule has 1 saturated carbocycles. The molecule has 1 atom stereocenters. The van der Waals surface area contributed by atoms with Gasteiger partial charge >= 0.3 is 0 Å². The molecule has 152 valence electrons. The fraction of sp³-hybridized carbons (Fsp3) is 0.550. The van der Waals surface area contributed by atoms with Gasteiger partial charge in [-0.3, -0.25) is 9.89 Å². The predicted molar refractivity (Wildman–Crippen MR) is 111 cm³/mol. The molecule has 0 bridgehead atoms. The van der Waals surface area contributed by atoms with Crippen molar-refractivity contribution in [3.05, 3.63) is 36.2 Å². The largest absolute Gasteiger partial charge is 0.303 e. The van der Waals surface area contributed by atoms with E-state index in [0.29, 0.717) is 17.9 Å². The van der Waals surface area contributed by atoms with Crippen molar-refractivity contribution in [1.29, 1.82) is 0 Å². The highest BCUT2D eigenvalue weighted by Gasteiger charge is 2.39. The minimum absolute atomic E-state index is 0.0460. The number of Topliss-reactive ketones (excluding diaryl/α,β-unsaturated/α-hetero) is 1. The van der Waals surface area contributed by atoms with E-state index in [9.17, 15) is 14.6 Å². The summed E-state index contributed by atoms with van der Waals surface area (Å²) in [4.78, 5) is 37.2. The quantitative estimate of drug-likeness (QED) is 0.477. The van der Waals surface area contributed by atoms with Crippen molar-refractivity contribution >= 4 is 13.5 Å². The molecule has 4 N–H and O–H groups in total. The van der Waals surface area contributed by atoms with Crippen LogP contribution in [0.25, 0.3) is 11.4 Å². The summed E-state index contributed by atoms with van der Waals surface area (Å²) in [6, 6.07) is 7.83. The molecule has 1 heterocycles. The first-order valence-corrected chi connectivity index (χ1v) is 12.0. The molecule has 28 heavy (non-hydrogen) atoms. The van der Waals surface area contributed by atoms with Gasteiger partial charge in [-0.25, -0.2) is 14.8 Å². The van der Waals surface area contributed by atoms with Gasteiger partial charge in [0.15, 0.2) is 17.8 Å². The lowest BCUT2D eigenvalue weighted by atomic mass is 9.91. The third-order valence-electron chi connectivity index (χ3n) is 5.39. The molecular weight excluding hydrogens is 375 g/mol. The third kappa shape index (κ3) is 6.17.